The summed E-state index contributed by atoms with van der Waals surface area (Å²) in [4.78, 5) is 24.6. The Morgan fingerprint density at radius 2 is 1.89 bits per heavy atom. The average molecular weight is 263 g/mol. The minimum absolute atomic E-state index is 0.131. The number of amides is 1. The predicted molar refractivity (Wildman–Crippen MR) is 74.2 cm³/mol. The van der Waals surface area contributed by atoms with E-state index in [1.165, 1.54) is 0 Å². The summed E-state index contributed by atoms with van der Waals surface area (Å²) in [5.74, 6) is 0.743. The molecule has 1 N–H and O–H groups in total. The van der Waals surface area contributed by atoms with Gasteiger partial charge in [-0.15, -0.1) is 0 Å². The summed E-state index contributed by atoms with van der Waals surface area (Å²) in [5.41, 5.74) is 1.84. The smallest absolute Gasteiger partial charge is 0.242 e. The van der Waals surface area contributed by atoms with Crippen molar-refractivity contribution in [2.75, 3.05) is 44.7 Å². The fourth-order valence-corrected chi connectivity index (χ4v) is 2.17. The van der Waals surface area contributed by atoms with Crippen molar-refractivity contribution < 1.29 is 4.79 Å². The van der Waals surface area contributed by atoms with Gasteiger partial charge in [-0.3, -0.25) is 4.79 Å². The van der Waals surface area contributed by atoms with Gasteiger partial charge in [0.2, 0.25) is 11.9 Å². The van der Waals surface area contributed by atoms with Crippen LogP contribution < -0.4 is 10.2 Å². The molecule has 1 aromatic rings. The maximum absolute atomic E-state index is 12.2. The van der Waals surface area contributed by atoms with Crippen LogP contribution in [0.5, 0.6) is 0 Å². The van der Waals surface area contributed by atoms with Gasteiger partial charge in [-0.05, 0) is 19.9 Å². The van der Waals surface area contributed by atoms with Gasteiger partial charge in [-0.1, -0.05) is 0 Å². The van der Waals surface area contributed by atoms with Crippen molar-refractivity contribution in [3.8, 4) is 0 Å². The van der Waals surface area contributed by atoms with E-state index in [9.17, 15) is 4.79 Å². The first-order valence-electron chi connectivity index (χ1n) is 6.58. The van der Waals surface area contributed by atoms with Crippen molar-refractivity contribution in [3.63, 3.8) is 0 Å². The Morgan fingerprint density at radius 3 is 2.47 bits per heavy atom. The number of piperazine rings is 1. The van der Waals surface area contributed by atoms with Crippen molar-refractivity contribution in [1.82, 2.24) is 20.2 Å². The molecule has 0 aromatic carbocycles. The van der Waals surface area contributed by atoms with Crippen LogP contribution in [0.15, 0.2) is 6.07 Å². The second kappa shape index (κ2) is 5.97. The predicted octanol–water partition coefficient (Wildman–Crippen LogP) is -0.0386. The quantitative estimate of drug-likeness (QED) is 0.829. The van der Waals surface area contributed by atoms with Crippen LogP contribution in [0.3, 0.4) is 0 Å². The number of hydrogen-bond donors (Lipinski definition) is 1. The van der Waals surface area contributed by atoms with Gasteiger partial charge in [-0.25, -0.2) is 9.97 Å². The Hall–Kier alpha value is -1.69. The highest BCUT2D eigenvalue weighted by atomic mass is 16.2. The van der Waals surface area contributed by atoms with E-state index in [1.54, 1.807) is 0 Å². The maximum atomic E-state index is 12.2. The molecule has 0 radical (unpaired) electrons. The first-order valence-corrected chi connectivity index (χ1v) is 6.58. The Morgan fingerprint density at radius 1 is 1.32 bits per heavy atom. The summed E-state index contributed by atoms with van der Waals surface area (Å²) in [5, 5.41) is 3.24. The Labute approximate surface area is 113 Å². The molecule has 0 aliphatic carbocycles. The molecule has 1 aliphatic rings. The minimum Gasteiger partial charge on any atom is -0.339 e. The minimum atomic E-state index is 0.131. The van der Waals surface area contributed by atoms with Crippen molar-refractivity contribution in [2.24, 2.45) is 0 Å². The molecular weight excluding hydrogens is 242 g/mol. The van der Waals surface area contributed by atoms with Gasteiger partial charge in [0.15, 0.2) is 0 Å². The molecular formula is C13H21N5O. The molecule has 1 amide bonds. The van der Waals surface area contributed by atoms with Gasteiger partial charge >= 0.3 is 0 Å². The number of carbonyl (C=O) groups excluding carboxylic acids is 1. The van der Waals surface area contributed by atoms with Crippen molar-refractivity contribution in [3.05, 3.63) is 17.5 Å². The normalized spacial score (nSPS) is 15.4. The van der Waals surface area contributed by atoms with E-state index < -0.39 is 0 Å². The molecule has 0 saturated carbocycles. The van der Waals surface area contributed by atoms with E-state index in [0.29, 0.717) is 12.5 Å². The summed E-state index contributed by atoms with van der Waals surface area (Å²) in [7, 11) is 1.86. The molecule has 19 heavy (non-hydrogen) atoms. The molecule has 6 heteroatoms. The van der Waals surface area contributed by atoms with E-state index in [-0.39, 0.29) is 5.91 Å². The second-order valence-electron chi connectivity index (χ2n) is 4.94. The van der Waals surface area contributed by atoms with Crippen LogP contribution in [0.1, 0.15) is 11.4 Å². The molecule has 0 atom stereocenters. The standard InChI is InChI=1S/C13H21N5O/c1-10-8-11(2)16-13(15-10)17(3)9-12(19)18-6-4-14-5-7-18/h8,14H,4-7,9H2,1-3H3. The number of rotatable bonds is 3. The van der Waals surface area contributed by atoms with Gasteiger partial charge in [0, 0.05) is 44.6 Å². The molecule has 1 fully saturated rings. The van der Waals surface area contributed by atoms with Crippen LogP contribution in [0, 0.1) is 13.8 Å². The van der Waals surface area contributed by atoms with Crippen LogP contribution >= 0.6 is 0 Å². The van der Waals surface area contributed by atoms with E-state index in [1.807, 2.05) is 36.8 Å². The molecule has 1 aromatic heterocycles. The number of anilines is 1. The monoisotopic (exact) mass is 263 g/mol. The number of nitrogens with zero attached hydrogens (tertiary/aromatic N) is 4. The van der Waals surface area contributed by atoms with E-state index in [4.69, 9.17) is 0 Å². The van der Waals surface area contributed by atoms with Gasteiger partial charge in [0.1, 0.15) is 0 Å². The number of aryl methyl sites for hydroxylation is 2. The summed E-state index contributed by atoms with van der Waals surface area (Å²) in [6, 6.07) is 1.93. The SMILES string of the molecule is Cc1cc(C)nc(N(C)CC(=O)N2CCNCC2)n1. The molecule has 0 unspecified atom stereocenters. The Balaban J connectivity index is 1.99. The van der Waals surface area contributed by atoms with Crippen LogP contribution in [0.4, 0.5) is 5.95 Å². The van der Waals surface area contributed by atoms with Crippen LogP contribution in [0.25, 0.3) is 0 Å². The summed E-state index contributed by atoms with van der Waals surface area (Å²) in [6.07, 6.45) is 0. The molecule has 1 saturated heterocycles. The fourth-order valence-electron chi connectivity index (χ4n) is 2.17. The molecule has 2 rings (SSSR count). The summed E-state index contributed by atoms with van der Waals surface area (Å²) >= 11 is 0. The first kappa shape index (κ1) is 13.7. The number of likely N-dealkylation sites (N-methyl/N-ethyl adjacent to an activating group) is 1. The highest BCUT2D eigenvalue weighted by Crippen LogP contribution is 2.08. The fraction of sp³-hybridized carbons (Fsp3) is 0.615. The highest BCUT2D eigenvalue weighted by molar-refractivity contribution is 5.80. The number of hydrogen-bond acceptors (Lipinski definition) is 5. The number of carbonyl (C=O) groups is 1. The lowest BCUT2D eigenvalue weighted by Gasteiger charge is -2.29. The number of nitrogens with one attached hydrogen (secondary N) is 1. The zero-order valence-corrected chi connectivity index (χ0v) is 11.8. The number of aromatic nitrogens is 2. The Kier molecular flexibility index (Phi) is 4.31. The van der Waals surface area contributed by atoms with Crippen LogP contribution in [-0.4, -0.2) is 60.5 Å². The topological polar surface area (TPSA) is 61.4 Å². The first-order chi connectivity index (χ1) is 9.06. The largest absolute Gasteiger partial charge is 0.339 e. The molecule has 1 aliphatic heterocycles. The van der Waals surface area contributed by atoms with Gasteiger partial charge in [0.25, 0.3) is 0 Å². The summed E-state index contributed by atoms with van der Waals surface area (Å²) < 4.78 is 0. The summed E-state index contributed by atoms with van der Waals surface area (Å²) in [6.45, 7) is 7.49. The average Bonchev–Trinajstić information content (AvgIpc) is 2.38. The van der Waals surface area contributed by atoms with Crippen molar-refractivity contribution in [1.29, 1.82) is 0 Å². The molecule has 6 nitrogen and oxygen atoms in total. The highest BCUT2D eigenvalue weighted by Gasteiger charge is 2.18. The van der Waals surface area contributed by atoms with Gasteiger partial charge in [0.05, 0.1) is 6.54 Å². The lowest BCUT2D eigenvalue weighted by molar-refractivity contribution is -0.130. The van der Waals surface area contributed by atoms with Crippen molar-refractivity contribution >= 4 is 11.9 Å². The zero-order chi connectivity index (χ0) is 13.8. The lowest BCUT2D eigenvalue weighted by Crippen LogP contribution is -2.49. The molecule has 0 bridgehead atoms. The van der Waals surface area contributed by atoms with Gasteiger partial charge in [-0.2, -0.15) is 0 Å². The van der Waals surface area contributed by atoms with Crippen LogP contribution in [-0.2, 0) is 4.79 Å². The van der Waals surface area contributed by atoms with E-state index >= 15 is 0 Å². The molecule has 0 spiro atoms. The van der Waals surface area contributed by atoms with E-state index in [0.717, 1.165) is 37.6 Å². The van der Waals surface area contributed by atoms with Gasteiger partial charge < -0.3 is 15.1 Å². The third-order valence-electron chi connectivity index (χ3n) is 3.15. The second-order valence-corrected chi connectivity index (χ2v) is 4.94. The molecule has 104 valence electrons. The zero-order valence-electron chi connectivity index (χ0n) is 11.8. The van der Waals surface area contributed by atoms with E-state index in [2.05, 4.69) is 15.3 Å². The van der Waals surface area contributed by atoms with Crippen molar-refractivity contribution in [2.45, 2.75) is 13.8 Å². The third-order valence-corrected chi connectivity index (χ3v) is 3.15. The maximum Gasteiger partial charge on any atom is 0.242 e. The van der Waals surface area contributed by atoms with Crippen LogP contribution in [0.2, 0.25) is 0 Å². The molecule has 2 heterocycles. The Bertz CT molecular complexity index is 436. The third kappa shape index (κ3) is 3.64. The lowest BCUT2D eigenvalue weighted by atomic mass is 10.3.